The summed E-state index contributed by atoms with van der Waals surface area (Å²) in [6.45, 7) is 2.10. The highest BCUT2D eigenvalue weighted by Gasteiger charge is 2.19. The Morgan fingerprint density at radius 3 is 2.69 bits per heavy atom. The number of sulfonamides is 1. The zero-order chi connectivity index (χ0) is 18.6. The molecule has 2 aromatic heterocycles. The number of thiazole rings is 1. The molecule has 0 unspecified atom stereocenters. The zero-order valence-corrected chi connectivity index (χ0v) is 16.1. The van der Waals surface area contributed by atoms with Crippen LogP contribution >= 0.6 is 11.3 Å². The van der Waals surface area contributed by atoms with Gasteiger partial charge >= 0.3 is 0 Å². The van der Waals surface area contributed by atoms with Crippen molar-refractivity contribution in [3.8, 4) is 16.3 Å². The molecule has 1 aromatic carbocycles. The van der Waals surface area contributed by atoms with Gasteiger partial charge in [-0.2, -0.15) is 0 Å². The van der Waals surface area contributed by atoms with E-state index in [-0.39, 0.29) is 11.4 Å². The van der Waals surface area contributed by atoms with Gasteiger partial charge in [0.1, 0.15) is 15.7 Å². The van der Waals surface area contributed by atoms with Crippen molar-refractivity contribution >= 4 is 21.4 Å². The topological polar surface area (TPSA) is 81.2 Å². The van der Waals surface area contributed by atoms with Gasteiger partial charge in [-0.3, -0.25) is 4.98 Å². The second-order valence-electron chi connectivity index (χ2n) is 5.68. The highest BCUT2D eigenvalue weighted by Crippen LogP contribution is 2.25. The van der Waals surface area contributed by atoms with Crippen LogP contribution in [0.15, 0.2) is 53.0 Å². The van der Waals surface area contributed by atoms with Crippen LogP contribution in [0, 0.1) is 6.92 Å². The predicted octanol–water partition coefficient (Wildman–Crippen LogP) is 3.04. The van der Waals surface area contributed by atoms with Crippen LogP contribution < -0.4 is 9.46 Å². The number of aryl methyl sites for hydroxylation is 1. The number of rotatable bonds is 7. The average molecular weight is 390 g/mol. The zero-order valence-electron chi connectivity index (χ0n) is 14.5. The fourth-order valence-electron chi connectivity index (χ4n) is 2.43. The van der Waals surface area contributed by atoms with Gasteiger partial charge in [0.05, 0.1) is 12.8 Å². The molecule has 0 bridgehead atoms. The SMILES string of the molecule is COc1ccc(C)cc1S(=O)(=O)NCCc1csc(-c2ccncc2)n1. The third kappa shape index (κ3) is 4.27. The molecule has 3 rings (SSSR count). The number of ether oxygens (including phenoxy) is 1. The van der Waals surface area contributed by atoms with E-state index in [2.05, 4.69) is 14.7 Å². The maximum Gasteiger partial charge on any atom is 0.244 e. The van der Waals surface area contributed by atoms with E-state index >= 15 is 0 Å². The fourth-order valence-corrected chi connectivity index (χ4v) is 4.58. The molecule has 6 nitrogen and oxygen atoms in total. The summed E-state index contributed by atoms with van der Waals surface area (Å²) in [6.07, 6.45) is 3.95. The number of pyridine rings is 1. The normalized spacial score (nSPS) is 11.5. The molecule has 0 atom stereocenters. The molecule has 136 valence electrons. The number of aromatic nitrogens is 2. The van der Waals surface area contributed by atoms with E-state index < -0.39 is 10.0 Å². The molecule has 1 N–H and O–H groups in total. The second kappa shape index (κ2) is 7.94. The highest BCUT2D eigenvalue weighted by atomic mass is 32.2. The first-order valence-corrected chi connectivity index (χ1v) is 10.3. The van der Waals surface area contributed by atoms with Crippen molar-refractivity contribution in [1.82, 2.24) is 14.7 Å². The molecule has 0 aliphatic rings. The van der Waals surface area contributed by atoms with Gasteiger partial charge in [0.25, 0.3) is 0 Å². The molecule has 8 heteroatoms. The van der Waals surface area contributed by atoms with Crippen molar-refractivity contribution in [2.45, 2.75) is 18.2 Å². The summed E-state index contributed by atoms with van der Waals surface area (Å²) in [5, 5.41) is 2.84. The van der Waals surface area contributed by atoms with Gasteiger partial charge in [0.2, 0.25) is 10.0 Å². The van der Waals surface area contributed by atoms with Crippen LogP contribution in [0.2, 0.25) is 0 Å². The van der Waals surface area contributed by atoms with Crippen molar-refractivity contribution in [2.75, 3.05) is 13.7 Å². The molecule has 0 saturated carbocycles. The largest absolute Gasteiger partial charge is 0.495 e. The predicted molar refractivity (Wildman–Crippen MR) is 102 cm³/mol. The van der Waals surface area contributed by atoms with E-state index in [1.807, 2.05) is 30.5 Å². The van der Waals surface area contributed by atoms with Crippen LogP contribution in [0.5, 0.6) is 5.75 Å². The van der Waals surface area contributed by atoms with E-state index in [1.165, 1.54) is 18.4 Å². The van der Waals surface area contributed by atoms with E-state index in [4.69, 9.17) is 4.74 Å². The quantitative estimate of drug-likeness (QED) is 0.672. The lowest BCUT2D eigenvalue weighted by molar-refractivity contribution is 0.402. The van der Waals surface area contributed by atoms with Crippen molar-refractivity contribution in [2.24, 2.45) is 0 Å². The Labute approximate surface area is 157 Å². The van der Waals surface area contributed by atoms with Gasteiger partial charge in [-0.15, -0.1) is 11.3 Å². The van der Waals surface area contributed by atoms with Gasteiger partial charge in [-0.25, -0.2) is 18.1 Å². The van der Waals surface area contributed by atoms with Crippen LogP contribution in [0.25, 0.3) is 10.6 Å². The lowest BCUT2D eigenvalue weighted by atomic mass is 10.2. The van der Waals surface area contributed by atoms with Crippen LogP contribution in [0.1, 0.15) is 11.3 Å². The smallest absolute Gasteiger partial charge is 0.244 e. The van der Waals surface area contributed by atoms with Gasteiger partial charge in [-0.1, -0.05) is 6.07 Å². The van der Waals surface area contributed by atoms with Gasteiger partial charge in [0.15, 0.2) is 0 Å². The Morgan fingerprint density at radius 1 is 1.19 bits per heavy atom. The molecule has 0 fully saturated rings. The molecule has 0 spiro atoms. The summed E-state index contributed by atoms with van der Waals surface area (Å²) in [7, 11) is -2.19. The summed E-state index contributed by atoms with van der Waals surface area (Å²) in [5.74, 6) is 0.330. The molecular formula is C18H19N3O3S2. The molecule has 0 amide bonds. The van der Waals surface area contributed by atoms with Gasteiger partial charge < -0.3 is 4.74 Å². The minimum absolute atomic E-state index is 0.149. The number of nitrogens with one attached hydrogen (secondary N) is 1. The van der Waals surface area contributed by atoms with Crippen molar-refractivity contribution in [3.63, 3.8) is 0 Å². The first-order chi connectivity index (χ1) is 12.5. The van der Waals surface area contributed by atoms with Crippen LogP contribution in [-0.4, -0.2) is 32.0 Å². The van der Waals surface area contributed by atoms with Crippen molar-refractivity contribution in [1.29, 1.82) is 0 Å². The Hall–Kier alpha value is -2.29. The third-order valence-corrected chi connectivity index (χ3v) is 6.18. The summed E-state index contributed by atoms with van der Waals surface area (Å²) < 4.78 is 32.9. The first-order valence-electron chi connectivity index (χ1n) is 7.99. The van der Waals surface area contributed by atoms with E-state index in [0.717, 1.165) is 21.8 Å². The second-order valence-corrected chi connectivity index (χ2v) is 8.28. The maximum absolute atomic E-state index is 12.6. The van der Waals surface area contributed by atoms with Gasteiger partial charge in [0, 0.05) is 36.3 Å². The average Bonchev–Trinajstić information content (AvgIpc) is 3.11. The fraction of sp³-hybridized carbons (Fsp3) is 0.222. The molecule has 0 aliphatic heterocycles. The summed E-state index contributed by atoms with van der Waals surface area (Å²) in [5.41, 5.74) is 2.70. The Balaban J connectivity index is 1.66. The summed E-state index contributed by atoms with van der Waals surface area (Å²) >= 11 is 1.53. The lowest BCUT2D eigenvalue weighted by Crippen LogP contribution is -2.26. The van der Waals surface area contributed by atoms with E-state index in [9.17, 15) is 8.42 Å². The summed E-state index contributed by atoms with van der Waals surface area (Å²) in [6, 6.07) is 8.87. The van der Waals surface area contributed by atoms with Crippen molar-refractivity contribution in [3.05, 3.63) is 59.4 Å². The van der Waals surface area contributed by atoms with E-state index in [0.29, 0.717) is 12.2 Å². The third-order valence-electron chi connectivity index (χ3n) is 3.76. The standard InChI is InChI=1S/C18H19N3O3S2/c1-13-3-4-16(24-2)17(11-13)26(22,23)20-10-7-15-12-25-18(21-15)14-5-8-19-9-6-14/h3-6,8-9,11-12,20H,7,10H2,1-2H3. The van der Waals surface area contributed by atoms with Crippen LogP contribution in [0.4, 0.5) is 0 Å². The minimum Gasteiger partial charge on any atom is -0.495 e. The first kappa shape index (κ1) is 18.5. The molecule has 26 heavy (non-hydrogen) atoms. The Kier molecular flexibility index (Phi) is 5.65. The van der Waals surface area contributed by atoms with E-state index in [1.54, 1.807) is 24.5 Å². The molecule has 0 radical (unpaired) electrons. The monoisotopic (exact) mass is 389 g/mol. The Bertz CT molecular complexity index is 986. The molecule has 3 aromatic rings. The lowest BCUT2D eigenvalue weighted by Gasteiger charge is -2.11. The number of nitrogens with zero attached hydrogens (tertiary/aromatic N) is 2. The van der Waals surface area contributed by atoms with Crippen LogP contribution in [0.3, 0.4) is 0 Å². The highest BCUT2D eigenvalue weighted by molar-refractivity contribution is 7.89. The van der Waals surface area contributed by atoms with Gasteiger partial charge in [-0.05, 0) is 36.8 Å². The Morgan fingerprint density at radius 2 is 1.96 bits per heavy atom. The molecule has 0 aliphatic carbocycles. The van der Waals surface area contributed by atoms with Crippen molar-refractivity contribution < 1.29 is 13.2 Å². The molecular weight excluding hydrogens is 370 g/mol. The van der Waals surface area contributed by atoms with Crippen LogP contribution in [-0.2, 0) is 16.4 Å². The number of hydrogen-bond acceptors (Lipinski definition) is 6. The minimum atomic E-state index is -3.65. The number of benzene rings is 1. The summed E-state index contributed by atoms with van der Waals surface area (Å²) in [4.78, 5) is 8.69. The number of hydrogen-bond donors (Lipinski definition) is 1. The number of methoxy groups -OCH3 is 1. The molecule has 0 saturated heterocycles. The maximum atomic E-state index is 12.6. The molecule has 2 heterocycles.